The minimum Gasteiger partial charge on any atom is -0.491 e. The number of nitrogens with zero attached hydrogens (tertiary/aromatic N) is 4. The molecular weight excluding hydrogens is 734 g/mol. The van der Waals surface area contributed by atoms with Crippen LogP contribution in [0.4, 0.5) is 15.3 Å². The third kappa shape index (κ3) is 10.7. The number of ether oxygens (including phenoxy) is 3. The second kappa shape index (κ2) is 16.6. The van der Waals surface area contributed by atoms with Gasteiger partial charge in [0.05, 0.1) is 12.5 Å². The van der Waals surface area contributed by atoms with E-state index >= 15 is 0 Å². The molecule has 5 rings (SSSR count). The maximum atomic E-state index is 14.2. The van der Waals surface area contributed by atoms with Gasteiger partial charge >= 0.3 is 12.2 Å². The van der Waals surface area contributed by atoms with E-state index < -0.39 is 23.4 Å². The number of benzene rings is 2. The van der Waals surface area contributed by atoms with Crippen molar-refractivity contribution in [1.29, 1.82) is 0 Å². The lowest BCUT2D eigenvalue weighted by atomic mass is 9.95. The Labute approximate surface area is 314 Å². The average molecular weight is 787 g/mol. The first-order valence-electron chi connectivity index (χ1n) is 18.1. The van der Waals surface area contributed by atoms with Gasteiger partial charge in [-0.25, -0.2) is 9.59 Å². The standard InChI is InChI=1S/C38H52BrN5O8/c1-37(2,3)52-35(47)40-15-21-50-32-22-28(39)12-11-26(32)25-44(29-13-14-29)33(45)27-8-7-16-43(24-27)30-9-6-10-31(23-30)51-38(4,5)34(46)41-17-19-42(20-18-41)36(48)49/h6,9-12,22-23,27,29H,7-8,13-21,24-25H2,1-5H3,(H,40,47)(H,48,49). The minimum absolute atomic E-state index is 0.134. The lowest BCUT2D eigenvalue weighted by Crippen LogP contribution is -2.56. The molecule has 1 atom stereocenters. The number of amides is 4. The molecule has 0 spiro atoms. The van der Waals surface area contributed by atoms with Crippen molar-refractivity contribution < 1.29 is 38.5 Å². The molecule has 2 aromatic carbocycles. The second-order valence-electron chi connectivity index (χ2n) is 15.2. The molecule has 4 amide bonds. The van der Waals surface area contributed by atoms with E-state index in [9.17, 15) is 24.3 Å². The molecule has 284 valence electrons. The number of carbonyl (C=O) groups excluding carboxylic acids is 3. The molecule has 2 N–H and O–H groups in total. The molecule has 3 aliphatic rings. The molecule has 2 aromatic rings. The number of alkyl carbamates (subject to hydrolysis) is 1. The van der Waals surface area contributed by atoms with E-state index in [1.54, 1.807) is 18.7 Å². The Kier molecular flexibility index (Phi) is 12.5. The zero-order valence-corrected chi connectivity index (χ0v) is 32.4. The van der Waals surface area contributed by atoms with E-state index in [1.807, 2.05) is 68.1 Å². The van der Waals surface area contributed by atoms with Crippen LogP contribution < -0.4 is 19.7 Å². The molecule has 2 saturated heterocycles. The fourth-order valence-electron chi connectivity index (χ4n) is 6.59. The molecule has 3 fully saturated rings. The molecule has 13 nitrogen and oxygen atoms in total. The molecule has 52 heavy (non-hydrogen) atoms. The summed E-state index contributed by atoms with van der Waals surface area (Å²) in [4.78, 5) is 58.1. The van der Waals surface area contributed by atoms with E-state index in [4.69, 9.17) is 14.2 Å². The van der Waals surface area contributed by atoms with Gasteiger partial charge in [0.15, 0.2) is 5.60 Å². The predicted molar refractivity (Wildman–Crippen MR) is 200 cm³/mol. The monoisotopic (exact) mass is 785 g/mol. The normalized spacial score (nSPS) is 18.0. The van der Waals surface area contributed by atoms with E-state index in [1.165, 1.54) is 4.90 Å². The summed E-state index contributed by atoms with van der Waals surface area (Å²) in [6.07, 6.45) is 2.12. The highest BCUT2D eigenvalue weighted by Gasteiger charge is 2.39. The number of piperidine rings is 1. The molecule has 0 aromatic heterocycles. The zero-order chi connectivity index (χ0) is 37.6. The minimum atomic E-state index is -1.15. The third-order valence-electron chi connectivity index (χ3n) is 9.35. The highest BCUT2D eigenvalue weighted by Crippen LogP contribution is 2.35. The lowest BCUT2D eigenvalue weighted by Gasteiger charge is -2.38. The predicted octanol–water partition coefficient (Wildman–Crippen LogP) is 5.74. The molecule has 0 bridgehead atoms. The van der Waals surface area contributed by atoms with Gasteiger partial charge in [-0.1, -0.05) is 28.1 Å². The Hall–Kier alpha value is -4.20. The quantitative estimate of drug-likeness (QED) is 0.258. The van der Waals surface area contributed by atoms with E-state index in [-0.39, 0.29) is 50.0 Å². The van der Waals surface area contributed by atoms with Crippen LogP contribution in [0.25, 0.3) is 0 Å². The first-order valence-corrected chi connectivity index (χ1v) is 18.9. The van der Waals surface area contributed by atoms with Gasteiger partial charge in [0.25, 0.3) is 5.91 Å². The van der Waals surface area contributed by atoms with Crippen LogP contribution in [0.1, 0.15) is 65.9 Å². The van der Waals surface area contributed by atoms with E-state index in [2.05, 4.69) is 26.1 Å². The van der Waals surface area contributed by atoms with Crippen LogP contribution in [-0.2, 0) is 20.9 Å². The number of piperazine rings is 1. The smallest absolute Gasteiger partial charge is 0.407 e. The van der Waals surface area contributed by atoms with Crippen LogP contribution >= 0.6 is 15.9 Å². The number of hydrogen-bond donors (Lipinski definition) is 2. The van der Waals surface area contributed by atoms with Crippen LogP contribution in [0.2, 0.25) is 0 Å². The fraction of sp³-hybridized carbons (Fsp3) is 0.579. The Balaban J connectivity index is 1.20. The van der Waals surface area contributed by atoms with Gasteiger partial charge in [0, 0.05) is 73.6 Å². The Morgan fingerprint density at radius 2 is 1.65 bits per heavy atom. The average Bonchev–Trinajstić information content (AvgIpc) is 3.94. The van der Waals surface area contributed by atoms with Gasteiger partial charge in [-0.3, -0.25) is 9.59 Å². The Bertz CT molecular complexity index is 1600. The Morgan fingerprint density at radius 1 is 0.942 bits per heavy atom. The van der Waals surface area contributed by atoms with Crippen molar-refractivity contribution in [1.82, 2.24) is 20.0 Å². The topological polar surface area (TPSA) is 141 Å². The largest absolute Gasteiger partial charge is 0.491 e. The van der Waals surface area contributed by atoms with Gasteiger partial charge in [-0.15, -0.1) is 0 Å². The van der Waals surface area contributed by atoms with Crippen LogP contribution in [-0.4, -0.2) is 113 Å². The van der Waals surface area contributed by atoms with Gasteiger partial charge in [0.2, 0.25) is 5.91 Å². The Morgan fingerprint density at radius 3 is 2.33 bits per heavy atom. The third-order valence-corrected chi connectivity index (χ3v) is 9.84. The van der Waals surface area contributed by atoms with Gasteiger partial charge in [-0.05, 0) is 84.6 Å². The molecule has 1 saturated carbocycles. The summed E-state index contributed by atoms with van der Waals surface area (Å²) in [6, 6.07) is 13.7. The van der Waals surface area contributed by atoms with Crippen molar-refractivity contribution in [3.63, 3.8) is 0 Å². The molecular formula is C38H52BrN5O8. The number of rotatable bonds is 12. The lowest BCUT2D eigenvalue weighted by molar-refractivity contribution is -0.147. The maximum Gasteiger partial charge on any atom is 0.407 e. The number of hydrogen-bond acceptors (Lipinski definition) is 8. The summed E-state index contributed by atoms with van der Waals surface area (Å²) in [5, 5.41) is 12.0. The van der Waals surface area contributed by atoms with E-state index in [0.29, 0.717) is 37.7 Å². The van der Waals surface area contributed by atoms with Crippen LogP contribution in [0.15, 0.2) is 46.9 Å². The molecule has 1 unspecified atom stereocenters. The zero-order valence-electron chi connectivity index (χ0n) is 30.9. The summed E-state index contributed by atoms with van der Waals surface area (Å²) in [5.74, 6) is 0.972. The first-order chi connectivity index (χ1) is 24.6. The van der Waals surface area contributed by atoms with Crippen molar-refractivity contribution in [3.8, 4) is 11.5 Å². The van der Waals surface area contributed by atoms with Crippen molar-refractivity contribution in [2.75, 3.05) is 57.3 Å². The van der Waals surface area contributed by atoms with Gasteiger partial charge in [0.1, 0.15) is 23.7 Å². The summed E-state index contributed by atoms with van der Waals surface area (Å²) >= 11 is 3.54. The molecule has 2 heterocycles. The van der Waals surface area contributed by atoms with Gasteiger partial charge in [-0.2, -0.15) is 0 Å². The molecule has 0 radical (unpaired) electrons. The fourth-order valence-corrected chi connectivity index (χ4v) is 6.93. The van der Waals surface area contributed by atoms with Crippen LogP contribution in [0, 0.1) is 5.92 Å². The number of carbonyl (C=O) groups is 4. The number of anilines is 1. The highest BCUT2D eigenvalue weighted by molar-refractivity contribution is 9.10. The SMILES string of the molecule is CC(C)(C)OC(=O)NCCOc1cc(Br)ccc1CN(C(=O)C1CCCN(c2cccc(OC(C)(C)C(=O)N3CCN(C(=O)O)CC3)c2)C1)C1CC1. The summed E-state index contributed by atoms with van der Waals surface area (Å²) in [5.41, 5.74) is 0.0894. The first kappa shape index (κ1) is 39.0. The van der Waals surface area contributed by atoms with Crippen LogP contribution in [0.3, 0.4) is 0 Å². The summed E-state index contributed by atoms with van der Waals surface area (Å²) in [7, 11) is 0. The second-order valence-corrected chi connectivity index (χ2v) is 16.1. The van der Waals surface area contributed by atoms with Crippen molar-refractivity contribution >= 4 is 45.6 Å². The molecule has 2 aliphatic heterocycles. The summed E-state index contributed by atoms with van der Waals surface area (Å²) in [6.45, 7) is 12.4. The molecule has 1 aliphatic carbocycles. The van der Waals surface area contributed by atoms with E-state index in [0.717, 1.165) is 48.0 Å². The highest BCUT2D eigenvalue weighted by atomic mass is 79.9. The number of carboxylic acid groups (broad SMARTS) is 1. The van der Waals surface area contributed by atoms with Gasteiger partial charge < -0.3 is 44.2 Å². The number of halogens is 1. The molecule has 14 heteroatoms. The van der Waals surface area contributed by atoms with Crippen molar-refractivity contribution in [3.05, 3.63) is 52.5 Å². The summed E-state index contributed by atoms with van der Waals surface area (Å²) < 4.78 is 18.5. The maximum absolute atomic E-state index is 14.2. The van der Waals surface area contributed by atoms with Crippen molar-refractivity contribution in [2.24, 2.45) is 5.92 Å². The number of nitrogens with one attached hydrogen (secondary N) is 1. The van der Waals surface area contributed by atoms with Crippen molar-refractivity contribution in [2.45, 2.75) is 84.1 Å². The van der Waals surface area contributed by atoms with Crippen LogP contribution in [0.5, 0.6) is 11.5 Å².